The summed E-state index contributed by atoms with van der Waals surface area (Å²) in [7, 11) is -1.16. The zero-order chi connectivity index (χ0) is 24.1. The zero-order valence-corrected chi connectivity index (χ0v) is 21.2. The number of hydrogen-bond donors (Lipinski definition) is 2. The van der Waals surface area contributed by atoms with Crippen LogP contribution in [0.15, 0.2) is 37.2 Å². The lowest BCUT2D eigenvalue weighted by Gasteiger charge is -2.24. The third kappa shape index (κ3) is 5.92. The average molecular weight is 483 g/mol. The van der Waals surface area contributed by atoms with Crippen LogP contribution >= 0.6 is 0 Å². The molecule has 0 radical (unpaired) electrons. The van der Waals surface area contributed by atoms with Gasteiger partial charge in [-0.15, -0.1) is 0 Å². The minimum absolute atomic E-state index is 0.0220. The van der Waals surface area contributed by atoms with E-state index in [1.54, 1.807) is 0 Å². The van der Waals surface area contributed by atoms with Crippen molar-refractivity contribution < 1.29 is 14.6 Å². The highest BCUT2D eigenvalue weighted by atomic mass is 28.3. The van der Waals surface area contributed by atoms with Crippen LogP contribution in [0.5, 0.6) is 0 Å². The predicted octanol–water partition coefficient (Wildman–Crippen LogP) is 4.43. The summed E-state index contributed by atoms with van der Waals surface area (Å²) in [4.78, 5) is 26.6. The first-order valence-corrected chi connectivity index (χ1v) is 15.6. The van der Waals surface area contributed by atoms with Crippen molar-refractivity contribution in [1.82, 2.24) is 24.8 Å². The van der Waals surface area contributed by atoms with Gasteiger partial charge >= 0.3 is 6.09 Å². The molecule has 34 heavy (non-hydrogen) atoms. The Bertz CT molecular complexity index is 1120. The standard InChI is InChI=1S/C24H34N6O3Si/c1-34(2,3)12-11-33-17-30-15-20(18-13-25-16-26-14-18)22-21(6-8-27-23(22)30)29-9-4-5-19(7-10-29)28-24(31)32/h6,8,13-16,19,28H,4-5,7,9-12,17H2,1-3H3,(H,31,32). The minimum atomic E-state index is -1.16. The third-order valence-electron chi connectivity index (χ3n) is 6.23. The van der Waals surface area contributed by atoms with Crippen LogP contribution in [0.1, 0.15) is 19.3 Å². The molecular formula is C24H34N6O3Si. The first-order chi connectivity index (χ1) is 16.3. The predicted molar refractivity (Wildman–Crippen MR) is 136 cm³/mol. The Labute approximate surface area is 201 Å². The molecule has 182 valence electrons. The number of anilines is 1. The molecule has 2 N–H and O–H groups in total. The molecule has 1 aliphatic heterocycles. The van der Waals surface area contributed by atoms with Gasteiger partial charge in [0.25, 0.3) is 0 Å². The normalized spacial score (nSPS) is 17.0. The smallest absolute Gasteiger partial charge is 0.404 e. The van der Waals surface area contributed by atoms with Gasteiger partial charge < -0.3 is 24.6 Å². The summed E-state index contributed by atoms with van der Waals surface area (Å²) in [6.07, 6.45) is 10.7. The number of rotatable bonds is 8. The number of ether oxygens (including phenoxy) is 1. The number of aromatic nitrogens is 4. The van der Waals surface area contributed by atoms with Crippen LogP contribution in [0, 0.1) is 0 Å². The van der Waals surface area contributed by atoms with E-state index in [9.17, 15) is 4.79 Å². The summed E-state index contributed by atoms with van der Waals surface area (Å²) < 4.78 is 8.13. The quantitative estimate of drug-likeness (QED) is 0.361. The molecule has 4 rings (SSSR count). The Morgan fingerprint density at radius 2 is 2.03 bits per heavy atom. The summed E-state index contributed by atoms with van der Waals surface area (Å²) in [5.41, 5.74) is 3.93. The van der Waals surface area contributed by atoms with E-state index in [1.165, 1.54) is 6.33 Å². The lowest BCUT2D eigenvalue weighted by Crippen LogP contribution is -2.34. The van der Waals surface area contributed by atoms with Gasteiger partial charge in [-0.1, -0.05) is 19.6 Å². The molecular weight excluding hydrogens is 448 g/mol. The molecule has 9 nitrogen and oxygen atoms in total. The van der Waals surface area contributed by atoms with E-state index in [0.29, 0.717) is 6.73 Å². The lowest BCUT2D eigenvalue weighted by atomic mass is 10.1. The molecule has 0 aliphatic carbocycles. The second-order valence-corrected chi connectivity index (χ2v) is 15.7. The average Bonchev–Trinajstić information content (AvgIpc) is 3.01. The van der Waals surface area contributed by atoms with Crippen LogP contribution in [-0.4, -0.2) is 64.5 Å². The Morgan fingerprint density at radius 1 is 1.24 bits per heavy atom. The molecule has 1 unspecified atom stereocenters. The molecule has 4 heterocycles. The van der Waals surface area contributed by atoms with Gasteiger partial charge in [0.15, 0.2) is 0 Å². The second kappa shape index (κ2) is 10.5. The minimum Gasteiger partial charge on any atom is -0.465 e. The fraction of sp³-hybridized carbons (Fsp3) is 0.500. The largest absolute Gasteiger partial charge is 0.465 e. The molecule has 1 atom stereocenters. The molecule has 0 spiro atoms. The van der Waals surface area contributed by atoms with Crippen LogP contribution in [0.4, 0.5) is 10.5 Å². The van der Waals surface area contributed by atoms with E-state index < -0.39 is 14.2 Å². The van der Waals surface area contributed by atoms with Crippen LogP contribution < -0.4 is 10.2 Å². The number of carboxylic acid groups (broad SMARTS) is 1. The van der Waals surface area contributed by atoms with E-state index in [0.717, 1.165) is 72.9 Å². The van der Waals surface area contributed by atoms with E-state index in [2.05, 4.69) is 56.7 Å². The van der Waals surface area contributed by atoms with Gasteiger partial charge in [0.1, 0.15) is 18.7 Å². The number of carbonyl (C=O) groups is 1. The van der Waals surface area contributed by atoms with Gasteiger partial charge in [0.05, 0.1) is 5.39 Å². The monoisotopic (exact) mass is 482 g/mol. The number of amides is 1. The van der Waals surface area contributed by atoms with Crippen LogP contribution in [0.25, 0.3) is 22.2 Å². The first-order valence-electron chi connectivity index (χ1n) is 11.9. The lowest BCUT2D eigenvalue weighted by molar-refractivity contribution is 0.0899. The Kier molecular flexibility index (Phi) is 7.47. The fourth-order valence-corrected chi connectivity index (χ4v) is 5.17. The molecule has 1 aliphatic rings. The molecule has 1 fully saturated rings. The zero-order valence-electron chi connectivity index (χ0n) is 20.2. The number of fused-ring (bicyclic) bond motifs is 1. The molecule has 10 heteroatoms. The van der Waals surface area contributed by atoms with Crippen molar-refractivity contribution in [1.29, 1.82) is 0 Å². The molecule has 0 bridgehead atoms. The van der Waals surface area contributed by atoms with E-state index in [1.807, 2.05) is 18.6 Å². The van der Waals surface area contributed by atoms with Gasteiger partial charge in [-0.25, -0.2) is 19.7 Å². The number of nitrogens with one attached hydrogen (secondary N) is 1. The summed E-state index contributed by atoms with van der Waals surface area (Å²) >= 11 is 0. The summed E-state index contributed by atoms with van der Waals surface area (Å²) in [5.74, 6) is 0. The number of nitrogens with zero attached hydrogens (tertiary/aromatic N) is 5. The summed E-state index contributed by atoms with van der Waals surface area (Å²) in [6, 6.07) is 3.15. The van der Waals surface area contributed by atoms with Crippen molar-refractivity contribution in [3.63, 3.8) is 0 Å². The van der Waals surface area contributed by atoms with E-state index in [-0.39, 0.29) is 6.04 Å². The van der Waals surface area contributed by atoms with Gasteiger partial charge in [0, 0.05) is 75.4 Å². The first kappa shape index (κ1) is 24.2. The highest BCUT2D eigenvalue weighted by molar-refractivity contribution is 6.76. The van der Waals surface area contributed by atoms with Crippen molar-refractivity contribution >= 4 is 30.9 Å². The SMILES string of the molecule is C[Si](C)(C)CCOCn1cc(-c2cncnc2)c2c(N3CCCC(NC(=O)O)CC3)ccnc21. The molecule has 3 aromatic heterocycles. The van der Waals surface area contributed by atoms with Crippen molar-refractivity contribution in [3.05, 3.63) is 37.2 Å². The Hall–Kier alpha value is -2.98. The molecule has 1 amide bonds. The Balaban J connectivity index is 1.66. The number of pyridine rings is 1. The molecule has 0 saturated carbocycles. The number of hydrogen-bond acceptors (Lipinski definition) is 6. The van der Waals surface area contributed by atoms with Crippen molar-refractivity contribution in [2.45, 2.75) is 57.7 Å². The molecule has 0 aromatic carbocycles. The fourth-order valence-electron chi connectivity index (χ4n) is 4.42. The van der Waals surface area contributed by atoms with Gasteiger partial charge in [0.2, 0.25) is 0 Å². The van der Waals surface area contributed by atoms with E-state index in [4.69, 9.17) is 14.8 Å². The maximum Gasteiger partial charge on any atom is 0.404 e. The maximum atomic E-state index is 11.1. The Morgan fingerprint density at radius 3 is 2.76 bits per heavy atom. The summed E-state index contributed by atoms with van der Waals surface area (Å²) in [6.45, 7) is 9.85. The highest BCUT2D eigenvalue weighted by Crippen LogP contribution is 2.37. The third-order valence-corrected chi connectivity index (χ3v) is 7.93. The van der Waals surface area contributed by atoms with Crippen molar-refractivity contribution in [2.75, 3.05) is 24.6 Å². The topological polar surface area (TPSA) is 105 Å². The van der Waals surface area contributed by atoms with Crippen LogP contribution in [0.3, 0.4) is 0 Å². The van der Waals surface area contributed by atoms with Gasteiger partial charge in [-0.05, 0) is 31.4 Å². The second-order valence-electron chi connectivity index (χ2n) is 10.1. The van der Waals surface area contributed by atoms with Gasteiger partial charge in [-0.2, -0.15) is 0 Å². The van der Waals surface area contributed by atoms with Crippen LogP contribution in [-0.2, 0) is 11.5 Å². The highest BCUT2D eigenvalue weighted by Gasteiger charge is 2.23. The van der Waals surface area contributed by atoms with Crippen molar-refractivity contribution in [3.8, 4) is 11.1 Å². The summed E-state index contributed by atoms with van der Waals surface area (Å²) in [5, 5.41) is 12.8. The van der Waals surface area contributed by atoms with Crippen LogP contribution in [0.2, 0.25) is 25.7 Å². The molecule has 1 saturated heterocycles. The van der Waals surface area contributed by atoms with Crippen molar-refractivity contribution in [2.24, 2.45) is 0 Å². The molecule has 3 aromatic rings. The maximum absolute atomic E-state index is 11.1. The van der Waals surface area contributed by atoms with Gasteiger partial charge in [-0.3, -0.25) is 0 Å². The van der Waals surface area contributed by atoms with E-state index >= 15 is 0 Å².